The van der Waals surface area contributed by atoms with Crippen molar-refractivity contribution in [2.75, 3.05) is 11.9 Å². The summed E-state index contributed by atoms with van der Waals surface area (Å²) in [7, 11) is 0. The van der Waals surface area contributed by atoms with Crippen molar-refractivity contribution in [3.63, 3.8) is 0 Å². The smallest absolute Gasteiger partial charge is 0.291 e. The van der Waals surface area contributed by atoms with E-state index in [1.54, 1.807) is 24.3 Å². The molecule has 0 radical (unpaired) electrons. The van der Waals surface area contributed by atoms with Crippen LogP contribution in [0.25, 0.3) is 0 Å². The van der Waals surface area contributed by atoms with Crippen molar-refractivity contribution in [2.45, 2.75) is 26.9 Å². The predicted molar refractivity (Wildman–Crippen MR) is 104 cm³/mol. The Morgan fingerprint density at radius 3 is 2.22 bits per heavy atom. The molecule has 2 aromatic carbocycles. The molecule has 1 amide bonds. The molecule has 0 aliphatic carbocycles. The highest BCUT2D eigenvalue weighted by Crippen LogP contribution is 2.18. The average molecular weight is 365 g/mol. The summed E-state index contributed by atoms with van der Waals surface area (Å²) >= 11 is 0. The van der Waals surface area contributed by atoms with Gasteiger partial charge in [-0.15, -0.1) is 0 Å². The SMILES string of the molecule is CCOc1ccc(NC(=O)c2ccc(COc3ccc(CC)cc3)o2)cc1. The topological polar surface area (TPSA) is 60.7 Å². The Kier molecular flexibility index (Phi) is 6.15. The molecule has 0 saturated carbocycles. The standard InChI is InChI=1S/C22H23NO4/c1-3-16-5-9-19(10-6-16)26-15-20-13-14-21(27-20)22(24)23-17-7-11-18(12-8-17)25-4-2/h5-14H,3-4,15H2,1-2H3,(H,23,24). The molecule has 5 heteroatoms. The monoisotopic (exact) mass is 365 g/mol. The molecular weight excluding hydrogens is 342 g/mol. The van der Waals surface area contributed by atoms with Gasteiger partial charge in [-0.05, 0) is 67.4 Å². The summed E-state index contributed by atoms with van der Waals surface area (Å²) in [4.78, 5) is 12.3. The van der Waals surface area contributed by atoms with Gasteiger partial charge in [-0.25, -0.2) is 0 Å². The van der Waals surface area contributed by atoms with Gasteiger partial charge in [0.15, 0.2) is 5.76 Å². The fraction of sp³-hybridized carbons (Fsp3) is 0.227. The first-order valence-corrected chi connectivity index (χ1v) is 9.02. The molecule has 0 atom stereocenters. The second-order valence-electron chi connectivity index (χ2n) is 5.96. The van der Waals surface area contributed by atoms with Crippen LogP contribution in [0, 0.1) is 0 Å². The predicted octanol–water partition coefficient (Wildman–Crippen LogP) is 5.07. The quantitative estimate of drug-likeness (QED) is 0.605. The first kappa shape index (κ1) is 18.6. The van der Waals surface area contributed by atoms with E-state index in [0.29, 0.717) is 18.1 Å². The summed E-state index contributed by atoms with van der Waals surface area (Å²) in [6, 6.07) is 18.5. The third-order valence-electron chi connectivity index (χ3n) is 4.02. The van der Waals surface area contributed by atoms with Crippen LogP contribution in [-0.2, 0) is 13.0 Å². The highest BCUT2D eigenvalue weighted by molar-refractivity contribution is 6.02. The summed E-state index contributed by atoms with van der Waals surface area (Å²) in [5.74, 6) is 2.05. The minimum Gasteiger partial charge on any atom is -0.494 e. The van der Waals surface area contributed by atoms with Crippen molar-refractivity contribution in [1.29, 1.82) is 0 Å². The highest BCUT2D eigenvalue weighted by atomic mass is 16.5. The highest BCUT2D eigenvalue weighted by Gasteiger charge is 2.12. The fourth-order valence-corrected chi connectivity index (χ4v) is 2.55. The molecule has 0 aliphatic heterocycles. The van der Waals surface area contributed by atoms with Crippen LogP contribution in [0.3, 0.4) is 0 Å². The van der Waals surface area contributed by atoms with Gasteiger partial charge >= 0.3 is 0 Å². The largest absolute Gasteiger partial charge is 0.494 e. The maximum absolute atomic E-state index is 12.3. The zero-order valence-electron chi connectivity index (χ0n) is 15.5. The van der Waals surface area contributed by atoms with E-state index in [0.717, 1.165) is 17.9 Å². The van der Waals surface area contributed by atoms with Gasteiger partial charge in [0.2, 0.25) is 0 Å². The Labute approximate surface area is 158 Å². The van der Waals surface area contributed by atoms with Gasteiger partial charge in [-0.2, -0.15) is 0 Å². The van der Waals surface area contributed by atoms with E-state index >= 15 is 0 Å². The molecule has 0 saturated heterocycles. The number of anilines is 1. The van der Waals surface area contributed by atoms with Crippen LogP contribution in [-0.4, -0.2) is 12.5 Å². The minimum atomic E-state index is -0.308. The number of ether oxygens (including phenoxy) is 2. The Bertz CT molecular complexity index is 866. The van der Waals surface area contributed by atoms with Crippen LogP contribution in [0.2, 0.25) is 0 Å². The van der Waals surface area contributed by atoms with Crippen molar-refractivity contribution in [3.8, 4) is 11.5 Å². The molecule has 140 valence electrons. The summed E-state index contributed by atoms with van der Waals surface area (Å²) in [6.45, 7) is 4.90. The van der Waals surface area contributed by atoms with E-state index in [1.165, 1.54) is 5.56 Å². The number of rotatable bonds is 8. The molecule has 1 heterocycles. The lowest BCUT2D eigenvalue weighted by Gasteiger charge is -2.06. The van der Waals surface area contributed by atoms with Crippen LogP contribution in [0.1, 0.15) is 35.7 Å². The molecule has 0 aliphatic rings. The first-order valence-electron chi connectivity index (χ1n) is 9.02. The maximum atomic E-state index is 12.3. The molecule has 0 fully saturated rings. The third kappa shape index (κ3) is 5.14. The molecule has 3 aromatic rings. The van der Waals surface area contributed by atoms with Crippen molar-refractivity contribution >= 4 is 11.6 Å². The summed E-state index contributed by atoms with van der Waals surface area (Å²) in [6.07, 6.45) is 0.991. The Morgan fingerprint density at radius 2 is 1.56 bits per heavy atom. The maximum Gasteiger partial charge on any atom is 0.291 e. The van der Waals surface area contributed by atoms with Crippen LogP contribution in [0.5, 0.6) is 11.5 Å². The Balaban J connectivity index is 1.55. The van der Waals surface area contributed by atoms with Crippen molar-refractivity contribution in [3.05, 3.63) is 77.7 Å². The fourth-order valence-electron chi connectivity index (χ4n) is 2.55. The molecule has 0 unspecified atom stereocenters. The van der Waals surface area contributed by atoms with Crippen molar-refractivity contribution in [2.24, 2.45) is 0 Å². The van der Waals surface area contributed by atoms with Gasteiger partial charge in [-0.3, -0.25) is 4.79 Å². The van der Waals surface area contributed by atoms with Crippen LogP contribution in [0.15, 0.2) is 65.1 Å². The number of furan rings is 1. The lowest BCUT2D eigenvalue weighted by Crippen LogP contribution is -2.10. The van der Waals surface area contributed by atoms with Crippen LogP contribution in [0.4, 0.5) is 5.69 Å². The summed E-state index contributed by atoms with van der Waals surface area (Å²) < 4.78 is 16.7. The van der Waals surface area contributed by atoms with Gasteiger partial charge in [0.1, 0.15) is 23.9 Å². The van der Waals surface area contributed by atoms with Gasteiger partial charge < -0.3 is 19.2 Å². The molecule has 1 aromatic heterocycles. The second kappa shape index (κ2) is 8.94. The van der Waals surface area contributed by atoms with E-state index in [-0.39, 0.29) is 18.3 Å². The van der Waals surface area contributed by atoms with Crippen LogP contribution < -0.4 is 14.8 Å². The van der Waals surface area contributed by atoms with Gasteiger partial charge in [-0.1, -0.05) is 19.1 Å². The zero-order valence-corrected chi connectivity index (χ0v) is 15.5. The number of benzene rings is 2. The Morgan fingerprint density at radius 1 is 0.889 bits per heavy atom. The number of hydrogen-bond donors (Lipinski definition) is 1. The van der Waals surface area contributed by atoms with E-state index in [1.807, 2.05) is 43.3 Å². The zero-order chi connectivity index (χ0) is 19.1. The molecule has 1 N–H and O–H groups in total. The molecule has 0 spiro atoms. The van der Waals surface area contributed by atoms with E-state index in [2.05, 4.69) is 12.2 Å². The van der Waals surface area contributed by atoms with Gasteiger partial charge in [0.25, 0.3) is 5.91 Å². The second-order valence-corrected chi connectivity index (χ2v) is 5.96. The molecular formula is C22H23NO4. The molecule has 3 rings (SSSR count). The average Bonchev–Trinajstić information content (AvgIpc) is 3.18. The first-order chi connectivity index (χ1) is 13.2. The number of nitrogens with one attached hydrogen (secondary N) is 1. The third-order valence-corrected chi connectivity index (χ3v) is 4.02. The number of amides is 1. The van der Waals surface area contributed by atoms with E-state index < -0.39 is 0 Å². The molecule has 27 heavy (non-hydrogen) atoms. The molecule has 5 nitrogen and oxygen atoms in total. The van der Waals surface area contributed by atoms with E-state index in [4.69, 9.17) is 13.9 Å². The number of carbonyl (C=O) groups is 1. The minimum absolute atomic E-state index is 0.240. The number of carbonyl (C=O) groups excluding carboxylic acids is 1. The normalized spacial score (nSPS) is 10.4. The lowest BCUT2D eigenvalue weighted by atomic mass is 10.2. The van der Waals surface area contributed by atoms with Gasteiger partial charge in [0.05, 0.1) is 6.61 Å². The Hall–Kier alpha value is -3.21. The number of hydrogen-bond acceptors (Lipinski definition) is 4. The van der Waals surface area contributed by atoms with Crippen molar-refractivity contribution in [1.82, 2.24) is 0 Å². The van der Waals surface area contributed by atoms with Gasteiger partial charge in [0, 0.05) is 5.69 Å². The molecule has 0 bridgehead atoms. The summed E-state index contributed by atoms with van der Waals surface area (Å²) in [5.41, 5.74) is 1.93. The number of aryl methyl sites for hydroxylation is 1. The lowest BCUT2D eigenvalue weighted by molar-refractivity contribution is 0.0992. The van der Waals surface area contributed by atoms with E-state index in [9.17, 15) is 4.79 Å². The van der Waals surface area contributed by atoms with Crippen molar-refractivity contribution < 1.29 is 18.7 Å². The van der Waals surface area contributed by atoms with Crippen LogP contribution >= 0.6 is 0 Å². The summed E-state index contributed by atoms with van der Waals surface area (Å²) in [5, 5.41) is 2.80.